The van der Waals surface area contributed by atoms with Gasteiger partial charge in [-0.25, -0.2) is 22.8 Å². The Morgan fingerprint density at radius 3 is 2.64 bits per heavy atom. The Bertz CT molecular complexity index is 1300. The van der Waals surface area contributed by atoms with E-state index in [4.69, 9.17) is 4.78 Å². The van der Waals surface area contributed by atoms with Crippen molar-refractivity contribution in [2.45, 2.75) is 37.0 Å². The molecule has 8 nitrogen and oxygen atoms in total. The Kier molecular flexibility index (Phi) is 6.65. The van der Waals surface area contributed by atoms with Crippen molar-refractivity contribution < 1.29 is 17.8 Å². The Labute approximate surface area is 190 Å². The second kappa shape index (κ2) is 9.12. The molecular formula is C22H22F2N6O2S. The third-order valence-corrected chi connectivity index (χ3v) is 6.59. The maximum atomic E-state index is 13.9. The second-order valence-electron chi connectivity index (χ2n) is 7.90. The first kappa shape index (κ1) is 24.1. The predicted molar refractivity (Wildman–Crippen MR) is 119 cm³/mol. The summed E-state index contributed by atoms with van der Waals surface area (Å²) < 4.78 is 47.6. The van der Waals surface area contributed by atoms with Crippen LogP contribution in [0, 0.1) is 34.4 Å². The van der Waals surface area contributed by atoms with E-state index in [0.29, 0.717) is 0 Å². The molecule has 3 rings (SSSR count). The van der Waals surface area contributed by atoms with Crippen LogP contribution >= 0.6 is 0 Å². The minimum atomic E-state index is -3.02. The van der Waals surface area contributed by atoms with Gasteiger partial charge in [0.2, 0.25) is 5.92 Å². The third kappa shape index (κ3) is 5.26. The molecule has 2 N–H and O–H groups in total. The first-order valence-electron chi connectivity index (χ1n) is 10.1. The van der Waals surface area contributed by atoms with Crippen molar-refractivity contribution in [3.63, 3.8) is 0 Å². The number of rotatable bonds is 4. The topological polar surface area (TPSA) is 134 Å². The SMILES string of the molecule is Cc1c(C#N)c(C#N)nc(N2CCCC(F)(F)CC2)c1C(=O)Nc1cccc(S(C)(=N)=O)c1. The minimum absolute atomic E-state index is 0.00396. The van der Waals surface area contributed by atoms with E-state index in [1.807, 2.05) is 12.1 Å². The maximum absolute atomic E-state index is 13.9. The number of benzene rings is 1. The van der Waals surface area contributed by atoms with Crippen molar-refractivity contribution in [1.29, 1.82) is 15.3 Å². The van der Waals surface area contributed by atoms with Crippen LogP contribution in [0.5, 0.6) is 0 Å². The number of amides is 1. The van der Waals surface area contributed by atoms with Crippen LogP contribution in [0.25, 0.3) is 0 Å². The molecule has 172 valence electrons. The number of nitriles is 2. The fourth-order valence-electron chi connectivity index (χ4n) is 3.69. The quantitative estimate of drug-likeness (QED) is 0.690. The number of alkyl halides is 2. The molecule has 0 aliphatic carbocycles. The van der Waals surface area contributed by atoms with Crippen LogP contribution in [0.15, 0.2) is 29.2 Å². The summed E-state index contributed by atoms with van der Waals surface area (Å²) in [7, 11) is -3.02. The van der Waals surface area contributed by atoms with Crippen LogP contribution in [-0.2, 0) is 9.73 Å². The van der Waals surface area contributed by atoms with Gasteiger partial charge in [-0.1, -0.05) is 6.07 Å². The molecule has 1 aromatic carbocycles. The molecule has 33 heavy (non-hydrogen) atoms. The summed E-state index contributed by atoms with van der Waals surface area (Å²) in [5, 5.41) is 21.6. The van der Waals surface area contributed by atoms with Gasteiger partial charge in [-0.3, -0.25) is 4.79 Å². The molecule has 1 amide bonds. The summed E-state index contributed by atoms with van der Waals surface area (Å²) in [6.45, 7) is 1.65. The van der Waals surface area contributed by atoms with E-state index in [2.05, 4.69) is 10.3 Å². The first-order valence-corrected chi connectivity index (χ1v) is 12.1. The van der Waals surface area contributed by atoms with Crippen molar-refractivity contribution in [1.82, 2.24) is 4.98 Å². The van der Waals surface area contributed by atoms with Gasteiger partial charge in [0.05, 0.1) is 20.9 Å². The second-order valence-corrected chi connectivity index (χ2v) is 10.1. The molecule has 1 saturated heterocycles. The lowest BCUT2D eigenvalue weighted by Crippen LogP contribution is -2.30. The Morgan fingerprint density at radius 1 is 1.27 bits per heavy atom. The zero-order valence-corrected chi connectivity index (χ0v) is 18.9. The van der Waals surface area contributed by atoms with Crippen LogP contribution in [0.1, 0.15) is 46.4 Å². The van der Waals surface area contributed by atoms with Crippen molar-refractivity contribution in [3.8, 4) is 12.1 Å². The molecule has 0 radical (unpaired) electrons. The first-order chi connectivity index (χ1) is 15.5. The van der Waals surface area contributed by atoms with E-state index in [1.165, 1.54) is 25.3 Å². The number of nitrogens with zero attached hydrogens (tertiary/aromatic N) is 4. The Balaban J connectivity index is 2.09. The third-order valence-electron chi connectivity index (χ3n) is 5.43. The van der Waals surface area contributed by atoms with Crippen LogP contribution in [0.3, 0.4) is 0 Å². The van der Waals surface area contributed by atoms with Gasteiger partial charge in [-0.2, -0.15) is 10.5 Å². The summed E-state index contributed by atoms with van der Waals surface area (Å²) >= 11 is 0. The minimum Gasteiger partial charge on any atom is -0.356 e. The molecular weight excluding hydrogens is 450 g/mol. The molecule has 0 saturated carbocycles. The standard InChI is InChI=1S/C22H22F2N6O2S/c1-14-17(12-25)18(13-26)29-20(30-9-4-7-22(23,24)8-10-30)19(14)21(31)28-15-5-3-6-16(11-15)33(2,27)32/h3,5-6,11,27H,4,7-10H2,1-2H3,(H,28,31). The van der Waals surface area contributed by atoms with Crippen LogP contribution < -0.4 is 10.2 Å². The zero-order valence-electron chi connectivity index (χ0n) is 18.1. The van der Waals surface area contributed by atoms with Gasteiger partial charge in [0.1, 0.15) is 18.0 Å². The number of carbonyl (C=O) groups is 1. The lowest BCUT2D eigenvalue weighted by atomic mass is 10.0. The fourth-order valence-corrected chi connectivity index (χ4v) is 4.38. The highest BCUT2D eigenvalue weighted by molar-refractivity contribution is 7.91. The molecule has 1 aliphatic heterocycles. The number of halogens is 2. The number of hydrogen-bond acceptors (Lipinski definition) is 7. The van der Waals surface area contributed by atoms with E-state index in [-0.39, 0.29) is 64.7 Å². The number of aromatic nitrogens is 1. The van der Waals surface area contributed by atoms with E-state index in [1.54, 1.807) is 17.0 Å². The van der Waals surface area contributed by atoms with Crippen LogP contribution in [0.4, 0.5) is 20.3 Å². The summed E-state index contributed by atoms with van der Waals surface area (Å²) in [5.41, 5.74) is 0.241. The Hall–Kier alpha value is -3.57. The summed E-state index contributed by atoms with van der Waals surface area (Å²) in [6.07, 6.45) is 0.719. The van der Waals surface area contributed by atoms with E-state index < -0.39 is 28.0 Å². The summed E-state index contributed by atoms with van der Waals surface area (Å²) in [4.78, 5) is 19.3. The molecule has 11 heteroatoms. The number of anilines is 2. The molecule has 2 heterocycles. The van der Waals surface area contributed by atoms with Gasteiger partial charge >= 0.3 is 0 Å². The largest absolute Gasteiger partial charge is 0.356 e. The normalized spacial score (nSPS) is 17.2. The fraction of sp³-hybridized carbons (Fsp3) is 0.364. The molecule has 1 atom stereocenters. The molecule has 0 spiro atoms. The van der Waals surface area contributed by atoms with Crippen LogP contribution in [0.2, 0.25) is 0 Å². The van der Waals surface area contributed by atoms with Crippen molar-refractivity contribution >= 4 is 27.1 Å². The number of pyridine rings is 1. The van der Waals surface area contributed by atoms with Crippen molar-refractivity contribution in [3.05, 3.63) is 46.6 Å². The molecule has 2 aromatic rings. The number of hydrogen-bond donors (Lipinski definition) is 2. The van der Waals surface area contributed by atoms with Crippen LogP contribution in [-0.4, -0.2) is 40.4 Å². The van der Waals surface area contributed by atoms with Gasteiger partial charge in [0.25, 0.3) is 5.91 Å². The highest BCUT2D eigenvalue weighted by atomic mass is 32.2. The van der Waals surface area contributed by atoms with Gasteiger partial charge < -0.3 is 10.2 Å². The lowest BCUT2D eigenvalue weighted by Gasteiger charge is -2.25. The highest BCUT2D eigenvalue weighted by Gasteiger charge is 2.34. The number of nitrogens with one attached hydrogen (secondary N) is 2. The van der Waals surface area contributed by atoms with Crippen molar-refractivity contribution in [2.75, 3.05) is 29.6 Å². The van der Waals surface area contributed by atoms with Crippen molar-refractivity contribution in [2.24, 2.45) is 0 Å². The zero-order chi connectivity index (χ0) is 24.4. The number of carbonyl (C=O) groups excluding carboxylic acids is 1. The Morgan fingerprint density at radius 2 is 2.00 bits per heavy atom. The van der Waals surface area contributed by atoms with E-state index >= 15 is 0 Å². The summed E-state index contributed by atoms with van der Waals surface area (Å²) in [5.74, 6) is -3.42. The molecule has 1 fully saturated rings. The predicted octanol–water partition coefficient (Wildman–Crippen LogP) is 4.05. The van der Waals surface area contributed by atoms with Gasteiger partial charge in [-0.05, 0) is 37.1 Å². The highest BCUT2D eigenvalue weighted by Crippen LogP contribution is 2.33. The van der Waals surface area contributed by atoms with Gasteiger partial charge in [0, 0.05) is 42.8 Å². The lowest BCUT2D eigenvalue weighted by molar-refractivity contribution is -0.0102. The smallest absolute Gasteiger partial charge is 0.259 e. The summed E-state index contributed by atoms with van der Waals surface area (Å²) in [6, 6.07) is 9.76. The molecule has 1 aliphatic rings. The maximum Gasteiger partial charge on any atom is 0.259 e. The van der Waals surface area contributed by atoms with Gasteiger partial charge in [-0.15, -0.1) is 0 Å². The monoisotopic (exact) mass is 472 g/mol. The molecule has 0 bridgehead atoms. The molecule has 1 aromatic heterocycles. The average Bonchev–Trinajstić information content (AvgIpc) is 2.92. The molecule has 1 unspecified atom stereocenters. The average molecular weight is 473 g/mol. The van der Waals surface area contributed by atoms with E-state index in [9.17, 15) is 28.3 Å². The van der Waals surface area contributed by atoms with Gasteiger partial charge in [0.15, 0.2) is 5.69 Å². The van der Waals surface area contributed by atoms with E-state index in [0.717, 1.165) is 0 Å².